The Labute approximate surface area is 301 Å². The van der Waals surface area contributed by atoms with Crippen LogP contribution in [0.3, 0.4) is 0 Å². The van der Waals surface area contributed by atoms with Crippen LogP contribution in [0.4, 0.5) is 0 Å². The third kappa shape index (κ3) is 6.40. The summed E-state index contributed by atoms with van der Waals surface area (Å²) in [6, 6.07) is 65.3. The molecule has 0 spiro atoms. The molecule has 6 aromatic carbocycles. The standard InChI is InChI=1S/C46H46N2P2/c1-47-41-31-17-18-32-42(41)48(2)46(40-30-16-20-34-44(40)50(37-25-11-5-12-26-37)38-27-13-6-14-28-38)45(47)39-29-15-19-33-43(39)49(35-21-7-3-8-22-35)36-23-9-4-10-24-36/h3-16,19-30,33-34,41-42,45-46H,17-18,31-32H2,1-2H3/t41-,42-,45+,46+/m1/s1. The smallest absolute Gasteiger partial charge is 0.0552 e. The second-order valence-electron chi connectivity index (χ2n) is 13.8. The molecule has 1 saturated heterocycles. The van der Waals surface area contributed by atoms with Gasteiger partial charge in [0.1, 0.15) is 0 Å². The Hall–Kier alpha value is -3.90. The van der Waals surface area contributed by atoms with Crippen molar-refractivity contribution in [3.63, 3.8) is 0 Å². The lowest BCUT2D eigenvalue weighted by Gasteiger charge is -2.56. The summed E-state index contributed by atoms with van der Waals surface area (Å²) in [6.07, 6.45) is 5.13. The molecule has 4 atom stereocenters. The maximum absolute atomic E-state index is 2.81. The first-order chi connectivity index (χ1) is 24.7. The van der Waals surface area contributed by atoms with Crippen LogP contribution in [-0.4, -0.2) is 36.0 Å². The zero-order chi connectivity index (χ0) is 33.9. The highest BCUT2D eigenvalue weighted by atomic mass is 31.1. The molecule has 250 valence electrons. The normalized spacial score (nSPS) is 21.3. The molecule has 2 aliphatic rings. The summed E-state index contributed by atoms with van der Waals surface area (Å²) in [5, 5.41) is 8.54. The van der Waals surface area contributed by atoms with Crippen molar-refractivity contribution in [2.24, 2.45) is 0 Å². The molecule has 0 radical (unpaired) electrons. The van der Waals surface area contributed by atoms with Gasteiger partial charge in [-0.25, -0.2) is 0 Å². The van der Waals surface area contributed by atoms with Crippen molar-refractivity contribution in [2.45, 2.75) is 49.9 Å². The summed E-state index contributed by atoms with van der Waals surface area (Å²) >= 11 is 0. The van der Waals surface area contributed by atoms with Crippen molar-refractivity contribution >= 4 is 47.7 Å². The van der Waals surface area contributed by atoms with Crippen molar-refractivity contribution in [3.05, 3.63) is 181 Å². The number of benzene rings is 6. The van der Waals surface area contributed by atoms with Crippen LogP contribution in [0.5, 0.6) is 0 Å². The first-order valence-electron chi connectivity index (χ1n) is 18.1. The van der Waals surface area contributed by atoms with Crippen LogP contribution in [0.15, 0.2) is 170 Å². The quantitative estimate of drug-likeness (QED) is 0.149. The third-order valence-corrected chi connectivity index (χ3v) is 16.0. The van der Waals surface area contributed by atoms with E-state index >= 15 is 0 Å². The van der Waals surface area contributed by atoms with E-state index in [4.69, 9.17) is 0 Å². The summed E-state index contributed by atoms with van der Waals surface area (Å²) in [5.41, 5.74) is 2.93. The first-order valence-corrected chi connectivity index (χ1v) is 20.8. The van der Waals surface area contributed by atoms with Crippen LogP contribution in [0.2, 0.25) is 0 Å². The van der Waals surface area contributed by atoms with Gasteiger partial charge in [0, 0.05) is 12.1 Å². The van der Waals surface area contributed by atoms with Gasteiger partial charge in [-0.15, -0.1) is 0 Å². The fourth-order valence-electron chi connectivity index (χ4n) is 8.72. The summed E-state index contributed by atoms with van der Waals surface area (Å²) in [6.45, 7) is 0. The maximum atomic E-state index is 2.81. The van der Waals surface area contributed by atoms with Crippen LogP contribution in [0.25, 0.3) is 0 Å². The molecular formula is C46H46N2P2. The Balaban J connectivity index is 1.35. The van der Waals surface area contributed by atoms with Gasteiger partial charge in [0.25, 0.3) is 0 Å². The monoisotopic (exact) mass is 688 g/mol. The summed E-state index contributed by atoms with van der Waals surface area (Å²) < 4.78 is 0. The predicted molar refractivity (Wildman–Crippen MR) is 217 cm³/mol. The van der Waals surface area contributed by atoms with E-state index in [0.29, 0.717) is 12.1 Å². The van der Waals surface area contributed by atoms with Gasteiger partial charge in [-0.3, -0.25) is 9.80 Å². The van der Waals surface area contributed by atoms with E-state index in [9.17, 15) is 0 Å². The molecule has 0 unspecified atom stereocenters. The molecule has 0 amide bonds. The summed E-state index contributed by atoms with van der Waals surface area (Å²) in [7, 11) is 3.35. The minimum atomic E-state index is -0.766. The molecule has 2 nitrogen and oxygen atoms in total. The average molecular weight is 689 g/mol. The number of piperazine rings is 1. The largest absolute Gasteiger partial charge is 0.293 e. The SMILES string of the molecule is CN1[C@@H]2CCCC[C@H]2N(C)[C@@H](c2ccccc2P(c2ccccc2)c2ccccc2)[C@@H]1c1ccccc1P(c1ccccc1)c1ccccc1. The van der Waals surface area contributed by atoms with Crippen LogP contribution < -0.4 is 31.8 Å². The first kappa shape index (κ1) is 33.3. The highest BCUT2D eigenvalue weighted by Crippen LogP contribution is 2.50. The zero-order valence-electron chi connectivity index (χ0n) is 29.1. The van der Waals surface area contributed by atoms with Crippen LogP contribution in [0.1, 0.15) is 48.9 Å². The van der Waals surface area contributed by atoms with Gasteiger partial charge >= 0.3 is 0 Å². The molecule has 0 aromatic heterocycles. The van der Waals surface area contributed by atoms with E-state index in [-0.39, 0.29) is 12.1 Å². The van der Waals surface area contributed by atoms with E-state index in [0.717, 1.165) is 0 Å². The number of hydrogen-bond donors (Lipinski definition) is 0. The minimum absolute atomic E-state index is 0.192. The Kier molecular flexibility index (Phi) is 10.1. The Bertz CT molecular complexity index is 1760. The van der Waals surface area contributed by atoms with Crippen molar-refractivity contribution in [2.75, 3.05) is 14.1 Å². The molecule has 1 aliphatic carbocycles. The lowest BCUT2D eigenvalue weighted by Crippen LogP contribution is -2.61. The Morgan fingerprint density at radius 1 is 0.380 bits per heavy atom. The highest BCUT2D eigenvalue weighted by molar-refractivity contribution is 7.80. The Morgan fingerprint density at radius 3 is 0.980 bits per heavy atom. The van der Waals surface area contributed by atoms with E-state index in [1.165, 1.54) is 68.6 Å². The molecule has 2 fully saturated rings. The molecule has 0 N–H and O–H groups in total. The number of hydrogen-bond acceptors (Lipinski definition) is 2. The molecule has 1 aliphatic heterocycles. The topological polar surface area (TPSA) is 6.48 Å². The minimum Gasteiger partial charge on any atom is -0.293 e. The van der Waals surface area contributed by atoms with E-state index < -0.39 is 15.8 Å². The van der Waals surface area contributed by atoms with Gasteiger partial charge in [-0.05, 0) is 85.7 Å². The van der Waals surface area contributed by atoms with Gasteiger partial charge in [0.2, 0.25) is 0 Å². The average Bonchev–Trinajstić information content (AvgIpc) is 3.19. The fourth-order valence-corrected chi connectivity index (χ4v) is 13.7. The number of likely N-dealkylation sites (N-methyl/N-ethyl adjacent to an activating group) is 2. The van der Waals surface area contributed by atoms with Crippen LogP contribution in [0, 0.1) is 0 Å². The van der Waals surface area contributed by atoms with E-state index in [2.05, 4.69) is 194 Å². The molecule has 0 bridgehead atoms. The van der Waals surface area contributed by atoms with Crippen molar-refractivity contribution in [1.82, 2.24) is 9.80 Å². The number of rotatable bonds is 8. The van der Waals surface area contributed by atoms with Gasteiger partial charge in [-0.2, -0.15) is 0 Å². The Morgan fingerprint density at radius 2 is 0.660 bits per heavy atom. The number of fused-ring (bicyclic) bond motifs is 1. The summed E-state index contributed by atoms with van der Waals surface area (Å²) in [4.78, 5) is 5.61. The maximum Gasteiger partial charge on any atom is 0.0552 e. The van der Waals surface area contributed by atoms with E-state index in [1.54, 1.807) is 0 Å². The fraction of sp³-hybridized carbons (Fsp3) is 0.217. The third-order valence-electron chi connectivity index (χ3n) is 11.0. The second kappa shape index (κ2) is 15.1. The molecule has 1 heterocycles. The van der Waals surface area contributed by atoms with Gasteiger partial charge in [0.05, 0.1) is 12.1 Å². The molecule has 1 saturated carbocycles. The second-order valence-corrected chi connectivity index (χ2v) is 18.1. The number of nitrogens with zero attached hydrogens (tertiary/aromatic N) is 2. The predicted octanol–water partition coefficient (Wildman–Crippen LogP) is 8.17. The molecular weight excluding hydrogens is 642 g/mol. The van der Waals surface area contributed by atoms with Crippen molar-refractivity contribution in [3.8, 4) is 0 Å². The summed E-state index contributed by atoms with van der Waals surface area (Å²) in [5.74, 6) is 0. The molecule has 8 rings (SSSR count). The van der Waals surface area contributed by atoms with E-state index in [1.807, 2.05) is 0 Å². The van der Waals surface area contributed by atoms with Gasteiger partial charge in [0.15, 0.2) is 0 Å². The lowest BCUT2D eigenvalue weighted by molar-refractivity contribution is -0.0572. The van der Waals surface area contributed by atoms with Gasteiger partial charge in [-0.1, -0.05) is 183 Å². The van der Waals surface area contributed by atoms with Crippen molar-refractivity contribution in [1.29, 1.82) is 0 Å². The van der Waals surface area contributed by atoms with Crippen molar-refractivity contribution < 1.29 is 0 Å². The van der Waals surface area contributed by atoms with Crippen LogP contribution in [-0.2, 0) is 0 Å². The van der Waals surface area contributed by atoms with Gasteiger partial charge < -0.3 is 0 Å². The molecule has 6 aromatic rings. The lowest BCUT2D eigenvalue weighted by atomic mass is 9.79. The molecule has 50 heavy (non-hydrogen) atoms. The zero-order valence-corrected chi connectivity index (χ0v) is 30.9. The highest BCUT2D eigenvalue weighted by Gasteiger charge is 2.48. The van der Waals surface area contributed by atoms with Crippen LogP contribution >= 0.6 is 15.8 Å². The molecule has 4 heteroatoms.